The van der Waals surface area contributed by atoms with Crippen molar-refractivity contribution in [3.8, 4) is 11.8 Å². The average molecular weight is 260 g/mol. The van der Waals surface area contributed by atoms with Crippen LogP contribution in [0.25, 0.3) is 0 Å². The lowest BCUT2D eigenvalue weighted by atomic mass is 9.98. The maximum absolute atomic E-state index is 8.83. The van der Waals surface area contributed by atoms with Crippen LogP contribution in [0.15, 0.2) is 12.1 Å². The molecule has 1 aromatic rings. The molecule has 0 aliphatic rings. The number of hydrogen-bond donors (Lipinski definition) is 1. The van der Waals surface area contributed by atoms with Gasteiger partial charge in [0.2, 0.25) is 0 Å². The fourth-order valence-corrected chi connectivity index (χ4v) is 1.97. The fraction of sp³-hybridized carbons (Fsp3) is 0.562. The minimum atomic E-state index is -0.713. The molecule has 0 aliphatic heterocycles. The molecule has 19 heavy (non-hydrogen) atoms. The largest absolute Gasteiger partial charge is 0.493 e. The van der Waals surface area contributed by atoms with Gasteiger partial charge in [0.05, 0.1) is 12.7 Å². The van der Waals surface area contributed by atoms with Gasteiger partial charge in [-0.3, -0.25) is 0 Å². The molecule has 0 radical (unpaired) electrons. The van der Waals surface area contributed by atoms with E-state index in [4.69, 9.17) is 15.7 Å². The van der Waals surface area contributed by atoms with Gasteiger partial charge in [-0.1, -0.05) is 12.1 Å². The van der Waals surface area contributed by atoms with Gasteiger partial charge in [0.25, 0.3) is 0 Å². The highest BCUT2D eigenvalue weighted by Gasteiger charge is 2.16. The van der Waals surface area contributed by atoms with Crippen molar-refractivity contribution in [2.24, 2.45) is 5.73 Å². The molecule has 1 unspecified atom stereocenters. The van der Waals surface area contributed by atoms with E-state index in [1.54, 1.807) is 6.92 Å². The SMILES string of the molecule is Cc1ccc(C)c(OCCCCC(C)(N)C#N)c1C. The van der Waals surface area contributed by atoms with E-state index in [1.165, 1.54) is 16.7 Å². The highest BCUT2D eigenvalue weighted by Crippen LogP contribution is 2.26. The molecule has 1 atom stereocenters. The fourth-order valence-electron chi connectivity index (χ4n) is 1.97. The van der Waals surface area contributed by atoms with Crippen LogP contribution in [0.5, 0.6) is 5.75 Å². The minimum absolute atomic E-state index is 0.673. The van der Waals surface area contributed by atoms with Crippen LogP contribution >= 0.6 is 0 Å². The van der Waals surface area contributed by atoms with Crippen LogP contribution in [0.4, 0.5) is 0 Å². The topological polar surface area (TPSA) is 59.0 Å². The number of benzene rings is 1. The molecular weight excluding hydrogens is 236 g/mol. The Morgan fingerprint density at radius 2 is 1.84 bits per heavy atom. The smallest absolute Gasteiger partial charge is 0.125 e. The summed E-state index contributed by atoms with van der Waals surface area (Å²) < 4.78 is 5.87. The van der Waals surface area contributed by atoms with E-state index in [0.29, 0.717) is 13.0 Å². The lowest BCUT2D eigenvalue weighted by Gasteiger charge is -2.16. The number of nitriles is 1. The molecule has 0 spiro atoms. The molecule has 0 heterocycles. The van der Waals surface area contributed by atoms with Crippen molar-refractivity contribution in [1.29, 1.82) is 5.26 Å². The summed E-state index contributed by atoms with van der Waals surface area (Å²) in [5, 5.41) is 8.83. The third-order valence-corrected chi connectivity index (χ3v) is 3.47. The van der Waals surface area contributed by atoms with Crippen LogP contribution in [0.2, 0.25) is 0 Å². The number of nitrogens with zero attached hydrogens (tertiary/aromatic N) is 1. The monoisotopic (exact) mass is 260 g/mol. The molecule has 2 N–H and O–H groups in total. The molecule has 0 aliphatic carbocycles. The van der Waals surface area contributed by atoms with E-state index in [1.807, 2.05) is 0 Å². The second kappa shape index (κ2) is 6.58. The Labute approximate surface area is 116 Å². The zero-order chi connectivity index (χ0) is 14.5. The Bertz CT molecular complexity index is 472. The number of unbranched alkanes of at least 4 members (excludes halogenated alkanes) is 1. The summed E-state index contributed by atoms with van der Waals surface area (Å²) in [6.45, 7) is 8.68. The summed E-state index contributed by atoms with van der Waals surface area (Å²) in [5.74, 6) is 0.996. The van der Waals surface area contributed by atoms with Gasteiger partial charge < -0.3 is 10.5 Å². The summed E-state index contributed by atoms with van der Waals surface area (Å²) in [6, 6.07) is 6.32. The van der Waals surface area contributed by atoms with Gasteiger partial charge in [-0.25, -0.2) is 0 Å². The Balaban J connectivity index is 2.43. The van der Waals surface area contributed by atoms with E-state index in [0.717, 1.165) is 18.6 Å². The number of nitrogens with two attached hydrogens (primary N) is 1. The van der Waals surface area contributed by atoms with Crippen molar-refractivity contribution in [2.75, 3.05) is 6.61 Å². The molecular formula is C16H24N2O. The normalized spacial score (nSPS) is 13.7. The van der Waals surface area contributed by atoms with Gasteiger partial charge in [-0.05, 0) is 63.6 Å². The van der Waals surface area contributed by atoms with Gasteiger partial charge in [0, 0.05) is 0 Å². The standard InChI is InChI=1S/C16H24N2O/c1-12-7-8-13(2)15(14(12)3)19-10-6-5-9-16(4,18)11-17/h7-8H,5-6,9-10,18H2,1-4H3. The predicted octanol–water partition coefficient (Wildman–Crippen LogP) is 3.40. The Morgan fingerprint density at radius 3 is 2.47 bits per heavy atom. The van der Waals surface area contributed by atoms with Crippen LogP contribution in [0.3, 0.4) is 0 Å². The van der Waals surface area contributed by atoms with E-state index < -0.39 is 5.54 Å². The van der Waals surface area contributed by atoms with Crippen molar-refractivity contribution in [3.63, 3.8) is 0 Å². The van der Waals surface area contributed by atoms with Crippen molar-refractivity contribution in [3.05, 3.63) is 28.8 Å². The summed E-state index contributed by atoms with van der Waals surface area (Å²) in [4.78, 5) is 0. The summed E-state index contributed by atoms with van der Waals surface area (Å²) in [7, 11) is 0. The third kappa shape index (κ3) is 4.57. The lowest BCUT2D eigenvalue weighted by molar-refractivity contribution is 0.297. The maximum atomic E-state index is 8.83. The minimum Gasteiger partial charge on any atom is -0.493 e. The van der Waals surface area contributed by atoms with Gasteiger partial charge in [-0.2, -0.15) is 5.26 Å². The number of rotatable bonds is 6. The lowest BCUT2D eigenvalue weighted by Crippen LogP contribution is -2.33. The van der Waals surface area contributed by atoms with Gasteiger partial charge in [0.15, 0.2) is 0 Å². The first kappa shape index (κ1) is 15.5. The summed E-state index contributed by atoms with van der Waals surface area (Å²) >= 11 is 0. The molecule has 0 bridgehead atoms. The van der Waals surface area contributed by atoms with Crippen molar-refractivity contribution in [2.45, 2.75) is 52.5 Å². The Kier molecular flexibility index (Phi) is 5.38. The molecule has 0 amide bonds. The van der Waals surface area contributed by atoms with Crippen LogP contribution in [0.1, 0.15) is 42.9 Å². The first-order valence-electron chi connectivity index (χ1n) is 6.77. The highest BCUT2D eigenvalue weighted by atomic mass is 16.5. The zero-order valence-electron chi connectivity index (χ0n) is 12.4. The van der Waals surface area contributed by atoms with Gasteiger partial charge in [-0.15, -0.1) is 0 Å². The number of aryl methyl sites for hydroxylation is 2. The van der Waals surface area contributed by atoms with Crippen molar-refractivity contribution < 1.29 is 4.74 Å². The number of ether oxygens (including phenoxy) is 1. The van der Waals surface area contributed by atoms with Crippen molar-refractivity contribution >= 4 is 0 Å². The molecule has 1 rings (SSSR count). The summed E-state index contributed by atoms with van der Waals surface area (Å²) in [5.41, 5.74) is 8.69. The quantitative estimate of drug-likeness (QED) is 0.797. The molecule has 0 saturated carbocycles. The zero-order valence-corrected chi connectivity index (χ0v) is 12.4. The maximum Gasteiger partial charge on any atom is 0.125 e. The molecule has 3 nitrogen and oxygen atoms in total. The molecule has 1 aromatic carbocycles. The molecule has 3 heteroatoms. The van der Waals surface area contributed by atoms with E-state index >= 15 is 0 Å². The Morgan fingerprint density at radius 1 is 1.21 bits per heavy atom. The Hall–Kier alpha value is -1.53. The van der Waals surface area contributed by atoms with Crippen molar-refractivity contribution in [1.82, 2.24) is 0 Å². The average Bonchev–Trinajstić information content (AvgIpc) is 2.37. The molecule has 0 fully saturated rings. The van der Waals surface area contributed by atoms with E-state index in [9.17, 15) is 0 Å². The second-order valence-electron chi connectivity index (χ2n) is 5.49. The van der Waals surface area contributed by atoms with Gasteiger partial charge in [0.1, 0.15) is 11.3 Å². The summed E-state index contributed by atoms with van der Waals surface area (Å²) in [6.07, 6.45) is 2.53. The molecule has 0 saturated heterocycles. The third-order valence-electron chi connectivity index (χ3n) is 3.47. The number of hydrogen-bond acceptors (Lipinski definition) is 3. The van der Waals surface area contributed by atoms with E-state index in [2.05, 4.69) is 39.0 Å². The van der Waals surface area contributed by atoms with E-state index in [-0.39, 0.29) is 0 Å². The van der Waals surface area contributed by atoms with Gasteiger partial charge >= 0.3 is 0 Å². The first-order valence-corrected chi connectivity index (χ1v) is 6.77. The second-order valence-corrected chi connectivity index (χ2v) is 5.49. The highest BCUT2D eigenvalue weighted by molar-refractivity contribution is 5.44. The van der Waals surface area contributed by atoms with Crippen LogP contribution in [-0.2, 0) is 0 Å². The molecule has 104 valence electrons. The predicted molar refractivity (Wildman–Crippen MR) is 78.2 cm³/mol. The van der Waals surface area contributed by atoms with Crippen LogP contribution < -0.4 is 10.5 Å². The van der Waals surface area contributed by atoms with Crippen LogP contribution in [0, 0.1) is 32.1 Å². The molecule has 0 aromatic heterocycles. The first-order chi connectivity index (χ1) is 8.87. The van der Waals surface area contributed by atoms with Crippen LogP contribution in [-0.4, -0.2) is 12.1 Å².